The predicted molar refractivity (Wildman–Crippen MR) is 297 cm³/mol. The van der Waals surface area contributed by atoms with Crippen LogP contribution in [-0.4, -0.2) is 153 Å². The Morgan fingerprint density at radius 2 is 1.62 bits per heavy atom. The van der Waals surface area contributed by atoms with Gasteiger partial charge < -0.3 is 34.0 Å². The summed E-state index contributed by atoms with van der Waals surface area (Å²) >= 11 is 0. The standard InChI is InChI=1S/C34H37F2N5O3.C26H33F2N5O4/c1-2-23-25(35)8-6-20-16-22(42)17-24(27(20)23)30-29(36)31-28-26(37-30)9-7-21-18-43-15-5-14-41(21)32(28)39-33(38-31)44-19-34-10-3-12-40(34)13-4-11-34;1-31-20-15-17(3-4-18(20)22(30-31)19-5-6-21(34)29-23(19)35)32-11-7-25(27,8-12-32)16-26(28)9-13-33(14-10-26)24(36)37-2/h6,8,16-17,21,42H,2-5,7,9-15,18-19H2,1H3;3-4,15,19H,5-14,16H2,1-2H3,(H,29,34,35). The van der Waals surface area contributed by atoms with E-state index in [0.717, 1.165) is 74.7 Å². The Bertz CT molecular complexity index is 3430. The minimum atomic E-state index is -1.62. The van der Waals surface area contributed by atoms with Crippen molar-refractivity contribution in [3.8, 4) is 23.0 Å². The minimum Gasteiger partial charge on any atom is -0.508 e. The van der Waals surface area contributed by atoms with E-state index in [9.17, 15) is 19.5 Å². The highest BCUT2D eigenvalue weighted by Gasteiger charge is 2.47. The van der Waals surface area contributed by atoms with Crippen molar-refractivity contribution in [3.05, 3.63) is 71.1 Å². The number of carbonyl (C=O) groups is 3. The number of hydrogen-bond acceptors (Lipinski definition) is 14. The fourth-order valence-electron chi connectivity index (χ4n) is 14.2. The molecular formula is C60H70F4N10O7. The van der Waals surface area contributed by atoms with E-state index in [-0.39, 0.29) is 104 Å². The van der Waals surface area contributed by atoms with Gasteiger partial charge in [0.1, 0.15) is 46.5 Å². The number of piperidine rings is 3. The smallest absolute Gasteiger partial charge is 0.409 e. The fraction of sp³-hybridized carbons (Fsp3) is 0.550. The molecule has 81 heavy (non-hydrogen) atoms. The van der Waals surface area contributed by atoms with E-state index in [1.807, 2.05) is 32.2 Å². The van der Waals surface area contributed by atoms with Crippen molar-refractivity contribution in [3.63, 3.8) is 0 Å². The lowest BCUT2D eigenvalue weighted by Gasteiger charge is -2.43. The van der Waals surface area contributed by atoms with Crippen molar-refractivity contribution in [1.82, 2.24) is 39.8 Å². The average molecular weight is 1120 g/mol. The monoisotopic (exact) mass is 1120 g/mol. The summed E-state index contributed by atoms with van der Waals surface area (Å²) in [6.07, 6.45) is 7.79. The number of alkyl halides is 2. The largest absolute Gasteiger partial charge is 0.508 e. The first-order chi connectivity index (χ1) is 39.0. The van der Waals surface area contributed by atoms with E-state index in [4.69, 9.17) is 29.2 Å². The van der Waals surface area contributed by atoms with E-state index in [0.29, 0.717) is 96.7 Å². The van der Waals surface area contributed by atoms with Crippen LogP contribution in [0.25, 0.3) is 43.8 Å². The quantitative estimate of drug-likeness (QED) is 0.103. The minimum absolute atomic E-state index is 0.0143. The second-order valence-electron chi connectivity index (χ2n) is 23.4. The Morgan fingerprint density at radius 1 is 0.864 bits per heavy atom. The molecule has 7 aliphatic rings. The van der Waals surface area contributed by atoms with E-state index in [2.05, 4.69) is 25.1 Å². The number of anilines is 2. The van der Waals surface area contributed by atoms with Gasteiger partial charge in [0, 0.05) is 75.9 Å². The third-order valence-corrected chi connectivity index (χ3v) is 18.5. The van der Waals surface area contributed by atoms with Gasteiger partial charge in [-0.15, -0.1) is 0 Å². The number of likely N-dealkylation sites (tertiary alicyclic amines) is 1. The van der Waals surface area contributed by atoms with Gasteiger partial charge in [-0.25, -0.2) is 27.3 Å². The van der Waals surface area contributed by atoms with E-state index >= 15 is 17.6 Å². The van der Waals surface area contributed by atoms with Crippen LogP contribution in [-0.2, 0) is 39.0 Å². The zero-order valence-electron chi connectivity index (χ0n) is 46.3. The highest BCUT2D eigenvalue weighted by molar-refractivity contribution is 6.04. The molecule has 6 fully saturated rings. The number of pyridine rings is 1. The number of methoxy groups -OCH3 is 1. The molecule has 0 aliphatic carbocycles. The molecule has 2 atom stereocenters. The van der Waals surface area contributed by atoms with Crippen LogP contribution >= 0.6 is 0 Å². The summed E-state index contributed by atoms with van der Waals surface area (Å²) in [5.41, 5.74) is 0.902. The molecule has 10 heterocycles. The van der Waals surface area contributed by atoms with Gasteiger partial charge in [0.15, 0.2) is 5.82 Å². The Morgan fingerprint density at radius 3 is 2.35 bits per heavy atom. The number of ether oxygens (including phenoxy) is 3. The van der Waals surface area contributed by atoms with Crippen molar-refractivity contribution in [2.75, 3.05) is 82.5 Å². The summed E-state index contributed by atoms with van der Waals surface area (Å²) in [6, 6.07) is 12.2. The SMILES string of the molecule is CCc1c(F)ccc2cc(O)cc(-c3nc4c5c(nc(OCC67CCCN6CCC7)nc5c3F)N3CCCOCC3CC4)c12.COC(=O)N1CCC(F)(CC2(F)CCN(c3ccc4c(C5CCC(=O)NC5=O)nn(C)c4c3)CC2)CC1. The zero-order chi connectivity index (χ0) is 56.4. The maximum Gasteiger partial charge on any atom is 0.409 e. The van der Waals surface area contributed by atoms with E-state index < -0.39 is 29.2 Å². The molecule has 6 saturated heterocycles. The van der Waals surface area contributed by atoms with Crippen LogP contribution in [0.15, 0.2) is 42.5 Å². The van der Waals surface area contributed by atoms with Gasteiger partial charge in [0.05, 0.1) is 53.5 Å². The Hall–Kier alpha value is -6.87. The molecule has 7 aliphatic heterocycles. The topological polar surface area (TPSA) is 181 Å². The number of rotatable bonds is 9. The summed E-state index contributed by atoms with van der Waals surface area (Å²) < 4.78 is 82.1. The van der Waals surface area contributed by atoms with Gasteiger partial charge in [-0.05, 0) is 149 Å². The Labute approximate surface area is 467 Å². The maximum atomic E-state index is 17.0. The number of halogens is 4. The number of hydrogen-bond donors (Lipinski definition) is 2. The number of phenolic OH excluding ortho intramolecular Hbond substituents is 1. The Kier molecular flexibility index (Phi) is 14.7. The number of imide groups is 1. The van der Waals surface area contributed by atoms with Crippen LogP contribution in [0.5, 0.6) is 11.8 Å². The van der Waals surface area contributed by atoms with Gasteiger partial charge in [0.25, 0.3) is 0 Å². The average Bonchev–Trinajstić information content (AvgIpc) is 4.29. The number of benzene rings is 3. The van der Waals surface area contributed by atoms with Crippen molar-refractivity contribution in [2.24, 2.45) is 7.05 Å². The molecule has 430 valence electrons. The molecule has 0 saturated carbocycles. The number of aromatic hydroxyl groups is 1. The Balaban J connectivity index is 0.000000163. The third kappa shape index (κ3) is 10.3. The number of aryl methyl sites for hydroxylation is 3. The number of nitrogens with zero attached hydrogens (tertiary/aromatic N) is 9. The number of phenols is 1. The van der Waals surface area contributed by atoms with Crippen LogP contribution in [0.3, 0.4) is 0 Å². The summed E-state index contributed by atoms with van der Waals surface area (Å²) in [4.78, 5) is 58.5. The lowest BCUT2D eigenvalue weighted by atomic mass is 9.78. The van der Waals surface area contributed by atoms with Gasteiger partial charge in [-0.1, -0.05) is 13.0 Å². The molecular weight excluding hydrogens is 1050 g/mol. The first kappa shape index (κ1) is 54.7. The molecule has 13 rings (SSSR count). The molecule has 21 heteroatoms. The molecule has 0 radical (unpaired) electrons. The summed E-state index contributed by atoms with van der Waals surface area (Å²) in [5, 5.41) is 20.3. The van der Waals surface area contributed by atoms with Gasteiger partial charge >= 0.3 is 12.1 Å². The molecule has 3 amide bonds. The number of fused-ring (bicyclic) bond motifs is 5. The van der Waals surface area contributed by atoms with E-state index in [1.54, 1.807) is 16.8 Å². The number of carbonyl (C=O) groups excluding carboxylic acids is 3. The molecule has 2 N–H and O–H groups in total. The first-order valence-corrected chi connectivity index (χ1v) is 28.9. The van der Waals surface area contributed by atoms with Crippen LogP contribution in [0.4, 0.5) is 33.9 Å². The van der Waals surface area contributed by atoms with Crippen LogP contribution in [0.2, 0.25) is 0 Å². The highest BCUT2D eigenvalue weighted by Crippen LogP contribution is 2.46. The third-order valence-electron chi connectivity index (χ3n) is 18.5. The second kappa shape index (κ2) is 21.8. The predicted octanol–water partition coefficient (Wildman–Crippen LogP) is 9.30. The van der Waals surface area contributed by atoms with Gasteiger partial charge in [0.2, 0.25) is 11.8 Å². The molecule has 6 aromatic rings. The zero-order valence-corrected chi connectivity index (χ0v) is 46.3. The summed E-state index contributed by atoms with van der Waals surface area (Å²) in [5.74, 6) is -1.45. The number of nitrogens with one attached hydrogen (secondary N) is 1. The number of amides is 3. The van der Waals surface area contributed by atoms with Crippen LogP contribution < -0.4 is 19.9 Å². The normalized spacial score (nSPS) is 22.4. The summed E-state index contributed by atoms with van der Waals surface area (Å²) in [6.45, 7) is 7.83. The van der Waals surface area contributed by atoms with Crippen LogP contribution in [0, 0.1) is 11.6 Å². The van der Waals surface area contributed by atoms with E-state index in [1.165, 1.54) is 24.1 Å². The molecule has 17 nitrogen and oxygen atoms in total. The molecule has 0 spiro atoms. The molecule has 2 unspecified atom stereocenters. The fourth-order valence-corrected chi connectivity index (χ4v) is 14.2. The molecule has 3 aromatic carbocycles. The molecule has 3 aromatic heterocycles. The van der Waals surface area contributed by atoms with Crippen molar-refractivity contribution < 1.29 is 51.3 Å². The van der Waals surface area contributed by atoms with Crippen molar-refractivity contribution in [2.45, 2.75) is 132 Å². The van der Waals surface area contributed by atoms with Crippen LogP contribution in [0.1, 0.15) is 113 Å². The maximum absolute atomic E-state index is 17.0. The van der Waals surface area contributed by atoms with Gasteiger partial charge in [-0.3, -0.25) is 24.5 Å². The van der Waals surface area contributed by atoms with Crippen molar-refractivity contribution in [1.29, 1.82) is 0 Å². The molecule has 0 bridgehead atoms. The van der Waals surface area contributed by atoms with Crippen molar-refractivity contribution >= 4 is 62.0 Å². The first-order valence-electron chi connectivity index (χ1n) is 28.9. The second-order valence-corrected chi connectivity index (χ2v) is 23.4. The number of aromatic nitrogens is 5. The lowest BCUT2D eigenvalue weighted by Crippen LogP contribution is -2.50. The highest BCUT2D eigenvalue weighted by atomic mass is 19.2. The lowest BCUT2D eigenvalue weighted by molar-refractivity contribution is -0.134. The van der Waals surface area contributed by atoms with Gasteiger partial charge in [-0.2, -0.15) is 15.1 Å². The summed E-state index contributed by atoms with van der Waals surface area (Å²) in [7, 11) is 3.11.